The van der Waals surface area contributed by atoms with Crippen LogP contribution < -0.4 is 5.06 Å². The van der Waals surface area contributed by atoms with Gasteiger partial charge in [0.05, 0.1) is 11.7 Å². The maximum Gasteiger partial charge on any atom is 0.314 e. The van der Waals surface area contributed by atoms with Gasteiger partial charge in [0.1, 0.15) is 18.6 Å². The van der Waals surface area contributed by atoms with Crippen molar-refractivity contribution < 1.29 is 19.8 Å². The Kier molecular flexibility index (Phi) is 4.09. The molecule has 0 spiro atoms. The molecule has 3 atom stereocenters. The minimum atomic E-state index is -0.948. The van der Waals surface area contributed by atoms with Gasteiger partial charge in [-0.05, 0) is 17.7 Å². The Morgan fingerprint density at radius 3 is 2.18 bits per heavy atom. The number of esters is 1. The average Bonchev–Trinajstić information content (AvgIpc) is 2.89. The van der Waals surface area contributed by atoms with E-state index < -0.39 is 24.0 Å². The molecule has 2 aromatic rings. The highest BCUT2D eigenvalue weighted by atomic mass is 16.6. The molecule has 0 aromatic heterocycles. The lowest BCUT2D eigenvalue weighted by Crippen LogP contribution is -2.38. The summed E-state index contributed by atoms with van der Waals surface area (Å²) in [6.45, 7) is -0.0462. The van der Waals surface area contributed by atoms with Crippen LogP contribution in [0.25, 0.3) is 0 Å². The molecular formula is C17H17NO4. The number of nitrogens with zero attached hydrogens (tertiary/aromatic N) is 1. The minimum absolute atomic E-state index is 0.0462. The van der Waals surface area contributed by atoms with Gasteiger partial charge in [0.15, 0.2) is 0 Å². The van der Waals surface area contributed by atoms with Gasteiger partial charge in [-0.3, -0.25) is 10.0 Å². The molecule has 1 aliphatic rings. The number of aliphatic hydroxyl groups is 1. The first-order valence-electron chi connectivity index (χ1n) is 7.11. The highest BCUT2D eigenvalue weighted by Gasteiger charge is 2.45. The molecular weight excluding hydrogens is 282 g/mol. The van der Waals surface area contributed by atoms with E-state index in [-0.39, 0.29) is 6.61 Å². The fourth-order valence-electron chi connectivity index (χ4n) is 2.76. The van der Waals surface area contributed by atoms with Gasteiger partial charge >= 0.3 is 5.97 Å². The quantitative estimate of drug-likeness (QED) is 0.669. The van der Waals surface area contributed by atoms with Crippen molar-refractivity contribution in [2.24, 2.45) is 5.92 Å². The number of ether oxygens (including phenoxy) is 1. The van der Waals surface area contributed by atoms with E-state index in [0.717, 1.165) is 10.6 Å². The van der Waals surface area contributed by atoms with E-state index in [1.165, 1.54) is 0 Å². The lowest BCUT2D eigenvalue weighted by molar-refractivity contribution is -0.142. The molecule has 3 rings (SSSR count). The second-order valence-electron chi connectivity index (χ2n) is 5.26. The summed E-state index contributed by atoms with van der Waals surface area (Å²) in [5.41, 5.74) is 1.28. The number of aliphatic hydroxyl groups excluding tert-OH is 1. The third kappa shape index (κ3) is 2.68. The SMILES string of the molecule is O=C1OC[C@H](O)[C@H]1[C@H](c1ccccc1)N(O)c1ccccc1. The summed E-state index contributed by atoms with van der Waals surface area (Å²) >= 11 is 0. The molecule has 2 N–H and O–H groups in total. The Hall–Kier alpha value is -2.37. The summed E-state index contributed by atoms with van der Waals surface area (Å²) in [6, 6.07) is 17.3. The van der Waals surface area contributed by atoms with E-state index in [9.17, 15) is 15.1 Å². The standard InChI is InChI=1S/C17H17NO4/c19-14-11-22-17(20)15(14)16(12-7-3-1-4-8-12)18(21)13-9-5-2-6-10-13/h1-10,14-16,19,21H,11H2/t14-,15-,16-/m0/s1. The maximum atomic E-state index is 12.0. The molecule has 0 saturated carbocycles. The predicted molar refractivity (Wildman–Crippen MR) is 80.3 cm³/mol. The van der Waals surface area contributed by atoms with E-state index >= 15 is 0 Å². The zero-order valence-corrected chi connectivity index (χ0v) is 11.9. The number of hydrogen-bond donors (Lipinski definition) is 2. The minimum Gasteiger partial charge on any atom is -0.463 e. The number of para-hydroxylation sites is 1. The number of benzene rings is 2. The summed E-state index contributed by atoms with van der Waals surface area (Å²) in [4.78, 5) is 12.0. The van der Waals surface area contributed by atoms with Gasteiger partial charge in [0.2, 0.25) is 0 Å². The van der Waals surface area contributed by atoms with Crippen molar-refractivity contribution in [1.82, 2.24) is 0 Å². The number of hydroxylamine groups is 1. The van der Waals surface area contributed by atoms with E-state index in [0.29, 0.717) is 5.69 Å². The zero-order valence-electron chi connectivity index (χ0n) is 11.9. The largest absolute Gasteiger partial charge is 0.463 e. The molecule has 1 heterocycles. The van der Waals surface area contributed by atoms with Crippen molar-refractivity contribution in [2.45, 2.75) is 12.1 Å². The van der Waals surface area contributed by atoms with E-state index in [4.69, 9.17) is 4.74 Å². The Morgan fingerprint density at radius 2 is 1.64 bits per heavy atom. The fourth-order valence-corrected chi connectivity index (χ4v) is 2.76. The van der Waals surface area contributed by atoms with E-state index in [1.807, 2.05) is 36.4 Å². The first kappa shape index (κ1) is 14.6. The fraction of sp³-hybridized carbons (Fsp3) is 0.235. The molecule has 0 amide bonds. The third-order valence-electron chi connectivity index (χ3n) is 3.85. The number of carbonyl (C=O) groups excluding carboxylic acids is 1. The molecule has 114 valence electrons. The summed E-state index contributed by atoms with van der Waals surface area (Å²) in [6.07, 6.45) is -0.948. The molecule has 1 fully saturated rings. The number of rotatable bonds is 4. The first-order valence-corrected chi connectivity index (χ1v) is 7.11. The van der Waals surface area contributed by atoms with Crippen LogP contribution in [0.15, 0.2) is 60.7 Å². The van der Waals surface area contributed by atoms with Crippen LogP contribution in [0.1, 0.15) is 11.6 Å². The smallest absolute Gasteiger partial charge is 0.314 e. The van der Waals surface area contributed by atoms with Crippen molar-refractivity contribution in [2.75, 3.05) is 11.7 Å². The van der Waals surface area contributed by atoms with Crippen LogP contribution in [-0.4, -0.2) is 29.0 Å². The second-order valence-corrected chi connectivity index (χ2v) is 5.26. The van der Waals surface area contributed by atoms with Crippen molar-refractivity contribution in [3.8, 4) is 0 Å². The molecule has 0 aliphatic carbocycles. The lowest BCUT2D eigenvalue weighted by atomic mass is 9.89. The molecule has 5 nitrogen and oxygen atoms in total. The Balaban J connectivity index is 2.02. The second kappa shape index (κ2) is 6.17. The zero-order chi connectivity index (χ0) is 15.5. The van der Waals surface area contributed by atoms with Crippen LogP contribution in [0.5, 0.6) is 0 Å². The van der Waals surface area contributed by atoms with Gasteiger partial charge in [-0.1, -0.05) is 48.5 Å². The van der Waals surface area contributed by atoms with Crippen LogP contribution in [0.3, 0.4) is 0 Å². The van der Waals surface area contributed by atoms with Crippen molar-refractivity contribution in [3.63, 3.8) is 0 Å². The lowest BCUT2D eigenvalue weighted by Gasteiger charge is -2.32. The van der Waals surface area contributed by atoms with Gasteiger partial charge in [-0.15, -0.1) is 0 Å². The summed E-state index contributed by atoms with van der Waals surface area (Å²) in [5.74, 6) is -1.34. The highest BCUT2D eigenvalue weighted by Crippen LogP contribution is 2.36. The molecule has 1 saturated heterocycles. The Labute approximate surface area is 128 Å². The predicted octanol–water partition coefficient (Wildman–Crippen LogP) is 2.16. The van der Waals surface area contributed by atoms with Crippen molar-refractivity contribution >= 4 is 11.7 Å². The Bertz CT molecular complexity index is 632. The van der Waals surface area contributed by atoms with Gasteiger partial charge in [-0.2, -0.15) is 0 Å². The van der Waals surface area contributed by atoms with E-state index in [2.05, 4.69) is 0 Å². The summed E-state index contributed by atoms with van der Waals surface area (Å²) in [5, 5.41) is 21.8. The molecule has 1 aliphatic heterocycles. The molecule has 0 unspecified atom stereocenters. The van der Waals surface area contributed by atoms with Crippen LogP contribution in [0.4, 0.5) is 5.69 Å². The Morgan fingerprint density at radius 1 is 1.05 bits per heavy atom. The number of anilines is 1. The van der Waals surface area contributed by atoms with Gasteiger partial charge < -0.3 is 9.84 Å². The first-order chi connectivity index (χ1) is 10.7. The van der Waals surface area contributed by atoms with Crippen LogP contribution in [0.2, 0.25) is 0 Å². The molecule has 2 aromatic carbocycles. The molecule has 22 heavy (non-hydrogen) atoms. The molecule has 0 radical (unpaired) electrons. The topological polar surface area (TPSA) is 70.0 Å². The van der Waals surface area contributed by atoms with Crippen LogP contribution in [-0.2, 0) is 9.53 Å². The van der Waals surface area contributed by atoms with Gasteiger partial charge in [0.25, 0.3) is 0 Å². The number of carbonyl (C=O) groups is 1. The normalized spacial score (nSPS) is 22.2. The van der Waals surface area contributed by atoms with Gasteiger partial charge in [-0.25, -0.2) is 5.06 Å². The number of hydrogen-bond acceptors (Lipinski definition) is 5. The average molecular weight is 299 g/mol. The molecule has 0 bridgehead atoms. The van der Waals surface area contributed by atoms with Crippen molar-refractivity contribution in [1.29, 1.82) is 0 Å². The van der Waals surface area contributed by atoms with E-state index in [1.54, 1.807) is 24.3 Å². The summed E-state index contributed by atoms with van der Waals surface area (Å²) in [7, 11) is 0. The van der Waals surface area contributed by atoms with Crippen LogP contribution in [0, 0.1) is 5.92 Å². The third-order valence-corrected chi connectivity index (χ3v) is 3.85. The molecule has 5 heteroatoms. The number of cyclic esters (lactones) is 1. The summed E-state index contributed by atoms with van der Waals surface area (Å²) < 4.78 is 4.94. The highest BCUT2D eigenvalue weighted by molar-refractivity contribution is 5.77. The monoisotopic (exact) mass is 299 g/mol. The maximum absolute atomic E-state index is 12.0. The van der Waals surface area contributed by atoms with Crippen molar-refractivity contribution in [3.05, 3.63) is 66.2 Å². The van der Waals surface area contributed by atoms with Gasteiger partial charge in [0, 0.05) is 0 Å². The van der Waals surface area contributed by atoms with Crippen LogP contribution >= 0.6 is 0 Å².